The molecule has 0 aliphatic heterocycles. The highest BCUT2D eigenvalue weighted by Gasteiger charge is 2.22. The molecule has 5 nitrogen and oxygen atoms in total. The van der Waals surface area contributed by atoms with E-state index in [0.29, 0.717) is 0 Å². The second-order valence-corrected chi connectivity index (χ2v) is 6.74. The van der Waals surface area contributed by atoms with Crippen LogP contribution in [-0.4, -0.2) is 34.2 Å². The Balaban J connectivity index is 3.16. The van der Waals surface area contributed by atoms with Gasteiger partial charge in [-0.25, -0.2) is 17.6 Å². The zero-order valence-corrected chi connectivity index (χ0v) is 12.7. The van der Waals surface area contributed by atoms with E-state index in [1.54, 1.807) is 6.92 Å². The van der Waals surface area contributed by atoms with Gasteiger partial charge in [-0.3, -0.25) is 0 Å². The summed E-state index contributed by atoms with van der Waals surface area (Å²) in [5, 5.41) is 0. The predicted octanol–water partition coefficient (Wildman–Crippen LogP) is 2.25. The summed E-state index contributed by atoms with van der Waals surface area (Å²) >= 11 is 0. The minimum Gasteiger partial charge on any atom is -0.457 e. The zero-order valence-electron chi connectivity index (χ0n) is 11.1. The van der Waals surface area contributed by atoms with Gasteiger partial charge in [0.1, 0.15) is 11.9 Å². The van der Waals surface area contributed by atoms with Crippen molar-refractivity contribution in [2.45, 2.75) is 24.8 Å². The SMILES string of the molecule is COCC(C)OC(=O)c1cc(S(=O)(=O)Cl)c(C)cc1F. The first-order valence-corrected chi connectivity index (χ1v) is 7.92. The Kier molecular flexibility index (Phi) is 5.50. The van der Waals surface area contributed by atoms with E-state index in [9.17, 15) is 17.6 Å². The largest absolute Gasteiger partial charge is 0.457 e. The highest BCUT2D eigenvalue weighted by Crippen LogP contribution is 2.24. The summed E-state index contributed by atoms with van der Waals surface area (Å²) in [4.78, 5) is 11.5. The molecule has 0 aliphatic carbocycles. The van der Waals surface area contributed by atoms with Crippen LogP contribution in [0.3, 0.4) is 0 Å². The molecule has 0 spiro atoms. The van der Waals surface area contributed by atoms with E-state index in [1.165, 1.54) is 14.0 Å². The van der Waals surface area contributed by atoms with Crippen LogP contribution in [0.2, 0.25) is 0 Å². The van der Waals surface area contributed by atoms with Gasteiger partial charge in [-0.1, -0.05) is 0 Å². The van der Waals surface area contributed by atoms with Crippen molar-refractivity contribution in [1.29, 1.82) is 0 Å². The Labute approximate surface area is 121 Å². The van der Waals surface area contributed by atoms with E-state index in [4.69, 9.17) is 20.2 Å². The average Bonchev–Trinajstić information content (AvgIpc) is 2.26. The lowest BCUT2D eigenvalue weighted by molar-refractivity contribution is 0.0115. The third-order valence-corrected chi connectivity index (χ3v) is 3.92. The number of carbonyl (C=O) groups excluding carboxylic acids is 1. The average molecular weight is 325 g/mol. The van der Waals surface area contributed by atoms with Crippen molar-refractivity contribution in [3.63, 3.8) is 0 Å². The number of carbonyl (C=O) groups is 1. The fourth-order valence-electron chi connectivity index (χ4n) is 1.59. The molecule has 0 heterocycles. The van der Waals surface area contributed by atoms with E-state index in [-0.39, 0.29) is 17.1 Å². The minimum atomic E-state index is -4.07. The van der Waals surface area contributed by atoms with Crippen LogP contribution in [0.15, 0.2) is 17.0 Å². The van der Waals surface area contributed by atoms with Crippen molar-refractivity contribution in [1.82, 2.24) is 0 Å². The van der Waals surface area contributed by atoms with Crippen LogP contribution in [0.25, 0.3) is 0 Å². The molecule has 1 aromatic rings. The quantitative estimate of drug-likeness (QED) is 0.613. The van der Waals surface area contributed by atoms with Gasteiger partial charge >= 0.3 is 5.97 Å². The van der Waals surface area contributed by atoms with Gasteiger partial charge in [0.05, 0.1) is 17.1 Å². The summed E-state index contributed by atoms with van der Waals surface area (Å²) in [6.45, 7) is 3.08. The van der Waals surface area contributed by atoms with Crippen LogP contribution in [-0.2, 0) is 18.5 Å². The van der Waals surface area contributed by atoms with Crippen LogP contribution in [0, 0.1) is 12.7 Å². The lowest BCUT2D eigenvalue weighted by Gasteiger charge is -2.13. The molecule has 0 aromatic heterocycles. The minimum absolute atomic E-state index is 0.110. The summed E-state index contributed by atoms with van der Waals surface area (Å²) < 4.78 is 46.1. The number of esters is 1. The van der Waals surface area contributed by atoms with E-state index >= 15 is 0 Å². The van der Waals surface area contributed by atoms with Gasteiger partial charge in [-0.05, 0) is 31.5 Å². The van der Waals surface area contributed by atoms with Crippen molar-refractivity contribution >= 4 is 25.7 Å². The van der Waals surface area contributed by atoms with Crippen molar-refractivity contribution in [3.8, 4) is 0 Å². The lowest BCUT2D eigenvalue weighted by Crippen LogP contribution is -2.20. The molecule has 1 rings (SSSR count). The van der Waals surface area contributed by atoms with E-state index in [0.717, 1.165) is 12.1 Å². The Morgan fingerprint density at radius 1 is 1.45 bits per heavy atom. The number of ether oxygens (including phenoxy) is 2. The molecule has 0 aliphatic rings. The summed E-state index contributed by atoms with van der Waals surface area (Å²) in [5.41, 5.74) is -0.378. The number of benzene rings is 1. The second-order valence-electron chi connectivity index (χ2n) is 4.21. The Bertz CT molecular complexity index is 615. The fraction of sp³-hybridized carbons (Fsp3) is 0.417. The van der Waals surface area contributed by atoms with Crippen LogP contribution >= 0.6 is 10.7 Å². The maximum atomic E-state index is 13.7. The first-order chi connectivity index (χ1) is 9.16. The van der Waals surface area contributed by atoms with Gasteiger partial charge < -0.3 is 9.47 Å². The summed E-state index contributed by atoms with van der Waals surface area (Å²) in [6, 6.07) is 1.79. The number of aryl methyl sites for hydroxylation is 1. The summed E-state index contributed by atoms with van der Waals surface area (Å²) in [5.74, 6) is -1.85. The molecule has 1 unspecified atom stereocenters. The smallest absolute Gasteiger partial charge is 0.341 e. The first-order valence-electron chi connectivity index (χ1n) is 5.61. The molecule has 0 saturated heterocycles. The Hall–Kier alpha value is -1.18. The number of methoxy groups -OCH3 is 1. The van der Waals surface area contributed by atoms with Gasteiger partial charge in [-0.15, -0.1) is 0 Å². The van der Waals surface area contributed by atoms with E-state index < -0.39 is 32.5 Å². The lowest BCUT2D eigenvalue weighted by atomic mass is 10.1. The molecule has 112 valence electrons. The molecular weight excluding hydrogens is 311 g/mol. The normalized spacial score (nSPS) is 13.1. The van der Waals surface area contributed by atoms with Gasteiger partial charge in [-0.2, -0.15) is 0 Å². The molecule has 0 saturated carbocycles. The van der Waals surface area contributed by atoms with Crippen LogP contribution in [0.5, 0.6) is 0 Å². The first kappa shape index (κ1) is 16.9. The Morgan fingerprint density at radius 2 is 2.05 bits per heavy atom. The van der Waals surface area contributed by atoms with Gasteiger partial charge in [0.25, 0.3) is 9.05 Å². The van der Waals surface area contributed by atoms with Crippen molar-refractivity contribution < 1.29 is 27.1 Å². The Morgan fingerprint density at radius 3 is 2.55 bits per heavy atom. The number of halogens is 2. The molecule has 0 bridgehead atoms. The standard InChI is InChI=1S/C12H14ClFO5S/c1-7-4-10(14)9(5-11(7)20(13,16)17)12(15)19-8(2)6-18-3/h4-5,8H,6H2,1-3H3. The van der Waals surface area contributed by atoms with Crippen LogP contribution < -0.4 is 0 Å². The molecule has 0 radical (unpaired) electrons. The second kappa shape index (κ2) is 6.51. The highest BCUT2D eigenvalue weighted by molar-refractivity contribution is 8.13. The number of hydrogen-bond donors (Lipinski definition) is 0. The van der Waals surface area contributed by atoms with Crippen molar-refractivity contribution in [2.24, 2.45) is 0 Å². The van der Waals surface area contributed by atoms with E-state index in [2.05, 4.69) is 0 Å². The maximum Gasteiger partial charge on any atom is 0.341 e. The third-order valence-electron chi connectivity index (χ3n) is 2.46. The summed E-state index contributed by atoms with van der Waals surface area (Å²) in [7, 11) is 2.58. The van der Waals surface area contributed by atoms with Crippen LogP contribution in [0.4, 0.5) is 4.39 Å². The van der Waals surface area contributed by atoms with Gasteiger partial charge in [0, 0.05) is 17.8 Å². The molecule has 1 atom stereocenters. The molecule has 0 amide bonds. The van der Waals surface area contributed by atoms with E-state index in [1.807, 2.05) is 0 Å². The van der Waals surface area contributed by atoms with Gasteiger partial charge in [0.15, 0.2) is 0 Å². The van der Waals surface area contributed by atoms with Gasteiger partial charge in [0.2, 0.25) is 0 Å². The molecule has 20 heavy (non-hydrogen) atoms. The number of hydrogen-bond acceptors (Lipinski definition) is 5. The summed E-state index contributed by atoms with van der Waals surface area (Å²) in [6.07, 6.45) is -0.593. The topological polar surface area (TPSA) is 69.7 Å². The molecule has 0 fully saturated rings. The predicted molar refractivity (Wildman–Crippen MR) is 70.9 cm³/mol. The molecular formula is C12H14ClFO5S. The van der Waals surface area contributed by atoms with Crippen LogP contribution in [0.1, 0.15) is 22.8 Å². The fourth-order valence-corrected chi connectivity index (χ4v) is 2.79. The number of rotatable bonds is 5. The highest BCUT2D eigenvalue weighted by atomic mass is 35.7. The molecule has 1 aromatic carbocycles. The monoisotopic (exact) mass is 324 g/mol. The van der Waals surface area contributed by atoms with Crippen molar-refractivity contribution in [2.75, 3.05) is 13.7 Å². The third kappa shape index (κ3) is 4.16. The van der Waals surface area contributed by atoms with Crippen molar-refractivity contribution in [3.05, 3.63) is 29.1 Å². The molecule has 8 heteroatoms. The maximum absolute atomic E-state index is 13.7. The zero-order chi connectivity index (χ0) is 15.5. The molecule has 0 N–H and O–H groups in total.